The smallest absolute Gasteiger partial charge is 0.338 e. The van der Waals surface area contributed by atoms with E-state index in [1.807, 2.05) is 31.1 Å². The Morgan fingerprint density at radius 2 is 1.95 bits per heavy atom. The van der Waals surface area contributed by atoms with Crippen LogP contribution >= 0.6 is 0 Å². The quantitative estimate of drug-likeness (QED) is 0.769. The summed E-state index contributed by atoms with van der Waals surface area (Å²) in [5, 5.41) is 3.36. The van der Waals surface area contributed by atoms with Crippen molar-refractivity contribution in [3.8, 4) is 0 Å². The molecular formula is C15H24N2O2. The molecule has 0 saturated carbocycles. The van der Waals surface area contributed by atoms with Crippen LogP contribution < -0.4 is 5.32 Å². The van der Waals surface area contributed by atoms with Crippen LogP contribution in [0.2, 0.25) is 0 Å². The van der Waals surface area contributed by atoms with E-state index in [1.165, 1.54) is 0 Å². The molecule has 1 rings (SSSR count). The second-order valence-electron chi connectivity index (χ2n) is 4.97. The van der Waals surface area contributed by atoms with Gasteiger partial charge in [-0.1, -0.05) is 6.92 Å². The van der Waals surface area contributed by atoms with Crippen LogP contribution in [0.3, 0.4) is 0 Å². The average molecular weight is 264 g/mol. The van der Waals surface area contributed by atoms with E-state index in [0.717, 1.165) is 18.7 Å². The second-order valence-corrected chi connectivity index (χ2v) is 4.97. The third kappa shape index (κ3) is 5.75. The Labute approximate surface area is 115 Å². The number of nitrogens with one attached hydrogen (secondary N) is 1. The van der Waals surface area contributed by atoms with Crippen molar-refractivity contribution in [2.45, 2.75) is 26.3 Å². The molecule has 1 aromatic rings. The number of rotatable bonds is 7. The number of likely N-dealkylation sites (N-methyl/N-ethyl adjacent to an activating group) is 1. The maximum Gasteiger partial charge on any atom is 0.338 e. The second kappa shape index (κ2) is 7.79. The summed E-state index contributed by atoms with van der Waals surface area (Å²) >= 11 is 0. The number of hydrogen-bond donors (Lipinski definition) is 1. The normalized spacial score (nSPS) is 12.3. The minimum absolute atomic E-state index is 0.267. The molecule has 4 heteroatoms. The molecule has 0 saturated heterocycles. The Kier molecular flexibility index (Phi) is 6.36. The van der Waals surface area contributed by atoms with Gasteiger partial charge in [-0.05, 0) is 51.7 Å². The molecule has 4 nitrogen and oxygen atoms in total. The number of anilines is 1. The molecule has 0 amide bonds. The van der Waals surface area contributed by atoms with Crippen molar-refractivity contribution in [2.75, 3.05) is 32.6 Å². The Balaban J connectivity index is 2.48. The van der Waals surface area contributed by atoms with Gasteiger partial charge >= 0.3 is 5.97 Å². The number of nitrogens with zero attached hydrogens (tertiary/aromatic N) is 1. The third-order valence-corrected chi connectivity index (χ3v) is 2.92. The van der Waals surface area contributed by atoms with Gasteiger partial charge in [-0.25, -0.2) is 4.79 Å². The number of carbonyl (C=O) groups is 1. The first-order chi connectivity index (χ1) is 9.02. The lowest BCUT2D eigenvalue weighted by Gasteiger charge is -2.13. The van der Waals surface area contributed by atoms with Crippen molar-refractivity contribution in [3.63, 3.8) is 0 Å². The van der Waals surface area contributed by atoms with E-state index in [2.05, 4.69) is 19.2 Å². The van der Waals surface area contributed by atoms with E-state index in [-0.39, 0.29) is 5.97 Å². The molecule has 106 valence electrons. The highest BCUT2D eigenvalue weighted by atomic mass is 16.5. The molecule has 0 aliphatic rings. The fourth-order valence-electron chi connectivity index (χ4n) is 1.49. The number of benzene rings is 1. The van der Waals surface area contributed by atoms with Crippen LogP contribution in [0.15, 0.2) is 24.3 Å². The SMILES string of the molecule is CCC(C)Nc1ccc(C(=O)OCCN(C)C)cc1. The number of carbonyl (C=O) groups excluding carboxylic acids is 1. The highest BCUT2D eigenvalue weighted by Crippen LogP contribution is 2.12. The monoisotopic (exact) mass is 264 g/mol. The Morgan fingerprint density at radius 1 is 1.32 bits per heavy atom. The van der Waals surface area contributed by atoms with Crippen molar-refractivity contribution >= 4 is 11.7 Å². The van der Waals surface area contributed by atoms with E-state index in [0.29, 0.717) is 18.2 Å². The summed E-state index contributed by atoms with van der Waals surface area (Å²) in [5.74, 6) is -0.267. The largest absolute Gasteiger partial charge is 0.461 e. The molecule has 0 spiro atoms. The number of hydrogen-bond acceptors (Lipinski definition) is 4. The Morgan fingerprint density at radius 3 is 2.47 bits per heavy atom. The summed E-state index contributed by atoms with van der Waals surface area (Å²) < 4.78 is 5.18. The fourth-order valence-corrected chi connectivity index (χ4v) is 1.49. The molecule has 1 atom stereocenters. The lowest BCUT2D eigenvalue weighted by atomic mass is 10.2. The molecule has 1 unspecified atom stereocenters. The Bertz CT molecular complexity index is 388. The van der Waals surface area contributed by atoms with E-state index in [4.69, 9.17) is 4.74 Å². The van der Waals surface area contributed by atoms with Gasteiger partial charge in [0.25, 0.3) is 0 Å². The summed E-state index contributed by atoms with van der Waals surface area (Å²) in [7, 11) is 3.90. The van der Waals surface area contributed by atoms with E-state index < -0.39 is 0 Å². The average Bonchev–Trinajstić information content (AvgIpc) is 2.38. The topological polar surface area (TPSA) is 41.6 Å². The molecule has 0 fully saturated rings. The predicted octanol–water partition coefficient (Wildman–Crippen LogP) is 2.62. The van der Waals surface area contributed by atoms with Crippen molar-refractivity contribution in [1.82, 2.24) is 4.90 Å². The zero-order valence-electron chi connectivity index (χ0n) is 12.3. The lowest BCUT2D eigenvalue weighted by molar-refractivity contribution is 0.0482. The highest BCUT2D eigenvalue weighted by molar-refractivity contribution is 5.89. The summed E-state index contributed by atoms with van der Waals surface area (Å²) in [6.07, 6.45) is 1.06. The van der Waals surface area contributed by atoms with Crippen molar-refractivity contribution in [3.05, 3.63) is 29.8 Å². The molecule has 0 aliphatic heterocycles. The van der Waals surface area contributed by atoms with Gasteiger partial charge in [0.1, 0.15) is 6.61 Å². The van der Waals surface area contributed by atoms with E-state index in [1.54, 1.807) is 12.1 Å². The zero-order chi connectivity index (χ0) is 14.3. The number of ether oxygens (including phenoxy) is 1. The van der Waals surface area contributed by atoms with Gasteiger partial charge in [-0.3, -0.25) is 0 Å². The van der Waals surface area contributed by atoms with Crippen LogP contribution in [-0.4, -0.2) is 44.2 Å². The van der Waals surface area contributed by atoms with Gasteiger partial charge in [0, 0.05) is 18.3 Å². The maximum absolute atomic E-state index is 11.8. The van der Waals surface area contributed by atoms with Gasteiger partial charge in [0.2, 0.25) is 0 Å². The molecule has 0 bridgehead atoms. The van der Waals surface area contributed by atoms with Gasteiger partial charge in [0.15, 0.2) is 0 Å². The third-order valence-electron chi connectivity index (χ3n) is 2.92. The van der Waals surface area contributed by atoms with Crippen molar-refractivity contribution in [1.29, 1.82) is 0 Å². The van der Waals surface area contributed by atoms with Crippen molar-refractivity contribution < 1.29 is 9.53 Å². The molecule has 19 heavy (non-hydrogen) atoms. The van der Waals surface area contributed by atoms with Crippen LogP contribution in [0, 0.1) is 0 Å². The molecule has 0 aliphatic carbocycles. The van der Waals surface area contributed by atoms with Crippen molar-refractivity contribution in [2.24, 2.45) is 0 Å². The Hall–Kier alpha value is -1.55. The highest BCUT2D eigenvalue weighted by Gasteiger charge is 2.07. The minimum atomic E-state index is -0.267. The first-order valence-electron chi connectivity index (χ1n) is 6.71. The van der Waals surface area contributed by atoms with E-state index in [9.17, 15) is 4.79 Å². The first kappa shape index (κ1) is 15.5. The molecule has 0 aromatic heterocycles. The fraction of sp³-hybridized carbons (Fsp3) is 0.533. The van der Waals surface area contributed by atoms with E-state index >= 15 is 0 Å². The van der Waals surface area contributed by atoms with Crippen LogP contribution in [0.4, 0.5) is 5.69 Å². The summed E-state index contributed by atoms with van der Waals surface area (Å²) in [5.41, 5.74) is 1.62. The molecular weight excluding hydrogens is 240 g/mol. The van der Waals surface area contributed by atoms with Crippen LogP contribution in [0.1, 0.15) is 30.6 Å². The van der Waals surface area contributed by atoms with Gasteiger partial charge in [-0.15, -0.1) is 0 Å². The first-order valence-corrected chi connectivity index (χ1v) is 6.71. The minimum Gasteiger partial charge on any atom is -0.461 e. The lowest BCUT2D eigenvalue weighted by Crippen LogP contribution is -2.20. The van der Waals surface area contributed by atoms with Crippen LogP contribution in [0.25, 0.3) is 0 Å². The number of esters is 1. The molecule has 1 aromatic carbocycles. The van der Waals surface area contributed by atoms with Crippen LogP contribution in [0.5, 0.6) is 0 Å². The van der Waals surface area contributed by atoms with Gasteiger partial charge in [0.05, 0.1) is 5.56 Å². The van der Waals surface area contributed by atoms with Gasteiger partial charge in [-0.2, -0.15) is 0 Å². The summed E-state index contributed by atoms with van der Waals surface area (Å²) in [4.78, 5) is 13.7. The summed E-state index contributed by atoms with van der Waals surface area (Å²) in [6, 6.07) is 7.84. The van der Waals surface area contributed by atoms with Gasteiger partial charge < -0.3 is 15.0 Å². The molecule has 1 N–H and O–H groups in total. The maximum atomic E-state index is 11.8. The molecule has 0 heterocycles. The zero-order valence-corrected chi connectivity index (χ0v) is 12.3. The molecule has 0 radical (unpaired) electrons. The van der Waals surface area contributed by atoms with Crippen LogP contribution in [-0.2, 0) is 4.74 Å². The standard InChI is InChI=1S/C15H24N2O2/c1-5-12(2)16-14-8-6-13(7-9-14)15(18)19-11-10-17(3)4/h6-9,12,16H,5,10-11H2,1-4H3. The predicted molar refractivity (Wildman–Crippen MR) is 78.7 cm³/mol. The summed E-state index contributed by atoms with van der Waals surface area (Å²) in [6.45, 7) is 5.41.